The number of hydrogen-bond acceptors (Lipinski definition) is 4. The van der Waals surface area contributed by atoms with E-state index in [2.05, 4.69) is 0 Å². The fourth-order valence-electron chi connectivity index (χ4n) is 1.94. The molecular weight excluding hydrogens is 320 g/mol. The minimum Gasteiger partial charge on any atom is -0.489 e. The van der Waals surface area contributed by atoms with Gasteiger partial charge in [0.2, 0.25) is 5.78 Å². The highest BCUT2D eigenvalue weighted by atomic mass is 35.5. The van der Waals surface area contributed by atoms with Crippen LogP contribution in [-0.4, -0.2) is 22.0 Å². The molecule has 2 aromatic carbocycles. The average Bonchev–Trinajstić information content (AvgIpc) is 2.54. The number of carbonyl (C=O) groups is 2. The first kappa shape index (κ1) is 17.0. The second kappa shape index (κ2) is 7.76. The van der Waals surface area contributed by atoms with Gasteiger partial charge in [-0.15, -0.1) is 0 Å². The van der Waals surface area contributed by atoms with Crippen LogP contribution >= 0.6 is 11.6 Å². The summed E-state index contributed by atoms with van der Waals surface area (Å²) in [6.07, 6.45) is -1.66. The Labute approximate surface area is 138 Å². The van der Waals surface area contributed by atoms with Gasteiger partial charge in [-0.1, -0.05) is 35.9 Å². The number of hydrogen-bond donors (Lipinski definition) is 2. The zero-order chi connectivity index (χ0) is 16.8. The maximum Gasteiger partial charge on any atom is 0.372 e. The van der Waals surface area contributed by atoms with Crippen molar-refractivity contribution in [2.45, 2.75) is 19.1 Å². The molecule has 0 radical (unpaired) electrons. The Morgan fingerprint density at radius 2 is 1.83 bits per heavy atom. The Hall–Kier alpha value is -2.37. The van der Waals surface area contributed by atoms with Gasteiger partial charge in [-0.2, -0.15) is 0 Å². The second-order valence-electron chi connectivity index (χ2n) is 4.94. The van der Waals surface area contributed by atoms with E-state index < -0.39 is 24.3 Å². The van der Waals surface area contributed by atoms with Crippen LogP contribution in [0.1, 0.15) is 23.7 Å². The van der Waals surface area contributed by atoms with Crippen molar-refractivity contribution in [3.63, 3.8) is 0 Å². The first-order valence-corrected chi connectivity index (χ1v) is 7.25. The lowest BCUT2D eigenvalue weighted by atomic mass is 10.0. The van der Waals surface area contributed by atoms with Crippen LogP contribution in [0.5, 0.6) is 5.75 Å². The third-order valence-corrected chi connectivity index (χ3v) is 3.43. The van der Waals surface area contributed by atoms with Gasteiger partial charge in [0.1, 0.15) is 12.4 Å². The Morgan fingerprint density at radius 3 is 2.48 bits per heavy atom. The molecule has 2 aromatic rings. The molecule has 5 nitrogen and oxygen atoms in total. The van der Waals surface area contributed by atoms with Gasteiger partial charge in [0.25, 0.3) is 0 Å². The molecule has 0 amide bonds. The Balaban J connectivity index is 2.00. The Morgan fingerprint density at radius 1 is 1.13 bits per heavy atom. The molecule has 1 unspecified atom stereocenters. The fraction of sp³-hybridized carbons (Fsp3) is 0.176. The minimum absolute atomic E-state index is 0.324. The zero-order valence-electron chi connectivity index (χ0n) is 12.1. The van der Waals surface area contributed by atoms with E-state index in [0.29, 0.717) is 22.9 Å². The van der Waals surface area contributed by atoms with E-state index in [1.807, 2.05) is 12.1 Å². The van der Waals surface area contributed by atoms with Gasteiger partial charge in [0, 0.05) is 11.4 Å². The number of carboxylic acid groups (broad SMARTS) is 1. The van der Waals surface area contributed by atoms with E-state index in [4.69, 9.17) is 21.4 Å². The number of benzene rings is 2. The second-order valence-corrected chi connectivity index (χ2v) is 5.37. The molecule has 0 spiro atoms. The summed E-state index contributed by atoms with van der Waals surface area (Å²) in [6.45, 7) is 0.324. The predicted molar refractivity (Wildman–Crippen MR) is 84.4 cm³/mol. The highest BCUT2D eigenvalue weighted by molar-refractivity contribution is 6.32. The maximum atomic E-state index is 11.1. The maximum absolute atomic E-state index is 11.1. The van der Waals surface area contributed by atoms with Crippen molar-refractivity contribution in [1.29, 1.82) is 0 Å². The van der Waals surface area contributed by atoms with Crippen LogP contribution in [0.3, 0.4) is 0 Å². The molecule has 0 saturated heterocycles. The van der Waals surface area contributed by atoms with Gasteiger partial charge in [-0.3, -0.25) is 4.79 Å². The standard InChI is InChI=1S/C17H15ClO5/c18-13-6-4-11(5-7-13)10-23-14-3-1-2-12(8-14)15(19)9-16(20)17(21)22/h1-8,15,19H,9-10H2,(H,21,22). The monoisotopic (exact) mass is 334 g/mol. The summed E-state index contributed by atoms with van der Waals surface area (Å²) in [5.41, 5.74) is 1.36. The number of ether oxygens (including phenoxy) is 1. The summed E-state index contributed by atoms with van der Waals surface area (Å²) in [4.78, 5) is 21.7. The molecule has 120 valence electrons. The number of ketones is 1. The summed E-state index contributed by atoms with van der Waals surface area (Å²) in [5.74, 6) is -2.08. The fourth-order valence-corrected chi connectivity index (χ4v) is 2.07. The normalized spacial score (nSPS) is 11.7. The van der Waals surface area contributed by atoms with Crippen LogP contribution in [0.15, 0.2) is 48.5 Å². The summed E-state index contributed by atoms with van der Waals surface area (Å²) >= 11 is 5.81. The number of aliphatic carboxylic acids is 1. The van der Waals surface area contributed by atoms with Gasteiger partial charge >= 0.3 is 5.97 Å². The number of aliphatic hydroxyl groups is 1. The molecule has 0 bridgehead atoms. The molecule has 23 heavy (non-hydrogen) atoms. The largest absolute Gasteiger partial charge is 0.489 e. The van der Waals surface area contributed by atoms with Crippen molar-refractivity contribution in [3.8, 4) is 5.75 Å². The van der Waals surface area contributed by atoms with Gasteiger partial charge in [-0.25, -0.2) is 4.79 Å². The van der Waals surface area contributed by atoms with E-state index >= 15 is 0 Å². The van der Waals surface area contributed by atoms with Gasteiger partial charge in [0.05, 0.1) is 6.10 Å². The molecule has 0 saturated carbocycles. The summed E-state index contributed by atoms with van der Waals surface area (Å²) in [5, 5.41) is 19.1. The van der Waals surface area contributed by atoms with Gasteiger partial charge in [0.15, 0.2) is 0 Å². The Bertz CT molecular complexity index is 696. The minimum atomic E-state index is -1.56. The molecule has 0 aliphatic rings. The SMILES string of the molecule is O=C(O)C(=O)CC(O)c1cccc(OCc2ccc(Cl)cc2)c1. The van der Waals surface area contributed by atoms with E-state index in [0.717, 1.165) is 5.56 Å². The predicted octanol–water partition coefficient (Wildman–Crippen LogP) is 3.00. The van der Waals surface area contributed by atoms with E-state index in [1.165, 1.54) is 0 Å². The lowest BCUT2D eigenvalue weighted by molar-refractivity contribution is -0.150. The van der Waals surface area contributed by atoms with Crippen LogP contribution in [0.2, 0.25) is 5.02 Å². The van der Waals surface area contributed by atoms with Crippen LogP contribution < -0.4 is 4.74 Å². The van der Waals surface area contributed by atoms with Crippen molar-refractivity contribution in [1.82, 2.24) is 0 Å². The average molecular weight is 335 g/mol. The molecule has 0 aliphatic heterocycles. The molecule has 2 N–H and O–H groups in total. The van der Waals surface area contributed by atoms with E-state index in [1.54, 1.807) is 36.4 Å². The Kier molecular flexibility index (Phi) is 5.73. The molecule has 6 heteroatoms. The number of carbonyl (C=O) groups excluding carboxylic acids is 1. The third-order valence-electron chi connectivity index (χ3n) is 3.18. The van der Waals surface area contributed by atoms with Gasteiger partial charge < -0.3 is 14.9 Å². The summed E-state index contributed by atoms with van der Waals surface area (Å²) < 4.78 is 5.62. The van der Waals surface area contributed by atoms with E-state index in [9.17, 15) is 14.7 Å². The van der Waals surface area contributed by atoms with Crippen molar-refractivity contribution in [2.24, 2.45) is 0 Å². The van der Waals surface area contributed by atoms with Crippen molar-refractivity contribution in [2.75, 3.05) is 0 Å². The highest BCUT2D eigenvalue weighted by Crippen LogP contribution is 2.23. The van der Waals surface area contributed by atoms with Crippen molar-refractivity contribution < 1.29 is 24.5 Å². The van der Waals surface area contributed by atoms with Crippen LogP contribution in [-0.2, 0) is 16.2 Å². The summed E-state index contributed by atoms with van der Waals surface area (Å²) in [7, 11) is 0. The molecule has 0 aromatic heterocycles. The van der Waals surface area contributed by atoms with Crippen molar-refractivity contribution in [3.05, 3.63) is 64.7 Å². The lowest BCUT2D eigenvalue weighted by Gasteiger charge is -2.12. The van der Waals surface area contributed by atoms with Gasteiger partial charge in [-0.05, 0) is 35.4 Å². The quantitative estimate of drug-likeness (QED) is 0.760. The van der Waals surface area contributed by atoms with E-state index in [-0.39, 0.29) is 0 Å². The number of halogens is 1. The van der Waals surface area contributed by atoms with Crippen LogP contribution in [0.25, 0.3) is 0 Å². The topological polar surface area (TPSA) is 83.8 Å². The molecule has 1 atom stereocenters. The smallest absolute Gasteiger partial charge is 0.372 e. The lowest BCUT2D eigenvalue weighted by Crippen LogP contribution is -2.16. The first-order valence-electron chi connectivity index (χ1n) is 6.87. The molecule has 0 heterocycles. The molecule has 0 aliphatic carbocycles. The molecular formula is C17H15ClO5. The summed E-state index contributed by atoms with van der Waals surface area (Å²) in [6, 6.07) is 13.8. The van der Waals surface area contributed by atoms with Crippen molar-refractivity contribution >= 4 is 23.4 Å². The first-order chi connectivity index (χ1) is 11.0. The number of aliphatic hydroxyl groups excluding tert-OH is 1. The number of Topliss-reactive ketones (excluding diaryl/α,β-unsaturated/α-hetero) is 1. The number of carboxylic acids is 1. The van der Waals surface area contributed by atoms with Crippen LogP contribution in [0, 0.1) is 0 Å². The molecule has 0 fully saturated rings. The third kappa shape index (κ3) is 5.09. The zero-order valence-corrected chi connectivity index (χ0v) is 12.9. The number of rotatable bonds is 7. The van der Waals surface area contributed by atoms with Crippen LogP contribution in [0.4, 0.5) is 0 Å². The molecule has 2 rings (SSSR count). The highest BCUT2D eigenvalue weighted by Gasteiger charge is 2.18.